The third-order valence-electron chi connectivity index (χ3n) is 0.676. The lowest BCUT2D eigenvalue weighted by atomic mass is 10.4. The Kier molecular flexibility index (Phi) is 4.79. The minimum atomic E-state index is 0.767. The minimum Gasteiger partial charge on any atom is -0.303 e. The molecule has 6 heavy (non-hydrogen) atoms. The Bertz CT molecular complexity index is 36.5. The summed E-state index contributed by atoms with van der Waals surface area (Å²) in [4.78, 5) is 9.58. The van der Waals surface area contributed by atoms with E-state index in [0.29, 0.717) is 0 Å². The molecule has 0 rings (SSSR count). The highest BCUT2D eigenvalue weighted by molar-refractivity contribution is 6.08. The molecule has 0 aromatic heterocycles. The molecule has 0 bridgehead atoms. The highest BCUT2D eigenvalue weighted by Gasteiger charge is 1.75. The van der Waals surface area contributed by atoms with Crippen LogP contribution in [0.5, 0.6) is 0 Å². The van der Waals surface area contributed by atoms with Crippen LogP contribution in [0.3, 0.4) is 0 Å². The molecule has 0 amide bonds. The van der Waals surface area contributed by atoms with Crippen LogP contribution < -0.4 is 0 Å². The van der Waals surface area contributed by atoms with Crippen molar-refractivity contribution in [3.8, 4) is 0 Å². The third kappa shape index (κ3) is 3.89. The number of carbonyl (C=O) groups is 1. The second kappa shape index (κ2) is 4.89. The zero-order valence-electron chi connectivity index (χ0n) is 4.11. The average molecular weight is 102 g/mol. The molecule has 0 heterocycles. The van der Waals surface area contributed by atoms with E-state index in [1.54, 1.807) is 0 Å². The van der Waals surface area contributed by atoms with E-state index in [-0.39, 0.29) is 0 Å². The van der Waals surface area contributed by atoms with Gasteiger partial charge in [-0.2, -0.15) is 0 Å². The lowest BCUT2D eigenvalue weighted by Crippen LogP contribution is -1.72. The first-order chi connectivity index (χ1) is 2.91. The van der Waals surface area contributed by atoms with Crippen molar-refractivity contribution in [3.63, 3.8) is 0 Å². The van der Waals surface area contributed by atoms with Crippen LogP contribution in [0.15, 0.2) is 0 Å². The second-order valence-electron chi connectivity index (χ2n) is 1.31. The smallest absolute Gasteiger partial charge is 0.119 e. The summed E-state index contributed by atoms with van der Waals surface area (Å²) in [5, 5.41) is 0. The fourth-order valence-electron chi connectivity index (χ4n) is 0.287. The highest BCUT2D eigenvalue weighted by Crippen LogP contribution is 1.85. The van der Waals surface area contributed by atoms with Crippen molar-refractivity contribution >= 4 is 16.5 Å². The van der Waals surface area contributed by atoms with Gasteiger partial charge in [0.15, 0.2) is 0 Å². The maximum Gasteiger partial charge on any atom is 0.119 e. The van der Waals surface area contributed by atoms with Crippen LogP contribution in [0.4, 0.5) is 0 Å². The van der Waals surface area contributed by atoms with E-state index in [1.807, 2.05) is 0 Å². The van der Waals surface area contributed by atoms with Gasteiger partial charge in [0.25, 0.3) is 0 Å². The molecule has 0 aromatic rings. The summed E-state index contributed by atoms with van der Waals surface area (Å²) in [5.41, 5.74) is 0. The Hall–Kier alpha value is -0.113. The molecule has 0 saturated heterocycles. The van der Waals surface area contributed by atoms with E-state index >= 15 is 0 Å². The summed E-state index contributed by atoms with van der Waals surface area (Å²) in [6.07, 6.45) is 2.86. The zero-order valence-corrected chi connectivity index (χ0v) is 6.11. The van der Waals surface area contributed by atoms with Crippen molar-refractivity contribution in [2.75, 3.05) is 0 Å². The normalized spacial score (nSPS) is 8.67. The van der Waals surface area contributed by atoms with Crippen molar-refractivity contribution in [3.05, 3.63) is 0 Å². The van der Waals surface area contributed by atoms with Gasteiger partial charge in [0, 0.05) is 16.7 Å². The summed E-state index contributed by atoms with van der Waals surface area (Å²) in [5.74, 6) is 0. The van der Waals surface area contributed by atoms with E-state index in [4.69, 9.17) is 0 Å². The van der Waals surface area contributed by atoms with Crippen LogP contribution in [0.2, 0.25) is 6.04 Å². The number of hydrogen-bond acceptors (Lipinski definition) is 1. The van der Waals surface area contributed by atoms with Crippen LogP contribution in [0.1, 0.15) is 12.8 Å². The molecule has 36 valence electrons. The Morgan fingerprint density at radius 2 is 2.33 bits per heavy atom. The predicted molar refractivity (Wildman–Crippen MR) is 30.0 cm³/mol. The summed E-state index contributed by atoms with van der Waals surface area (Å²) in [6.45, 7) is 0. The lowest BCUT2D eigenvalue weighted by molar-refractivity contribution is -0.107. The van der Waals surface area contributed by atoms with Gasteiger partial charge in [-0.1, -0.05) is 6.04 Å². The van der Waals surface area contributed by atoms with E-state index in [9.17, 15) is 4.79 Å². The van der Waals surface area contributed by atoms with Gasteiger partial charge in [-0.05, 0) is 6.42 Å². The van der Waals surface area contributed by atoms with Gasteiger partial charge >= 0.3 is 0 Å². The fraction of sp³-hybridized carbons (Fsp3) is 0.750. The van der Waals surface area contributed by atoms with Crippen molar-refractivity contribution in [1.82, 2.24) is 0 Å². The molecule has 0 spiro atoms. The predicted octanol–water partition coefficient (Wildman–Crippen LogP) is -0.251. The molecule has 0 aliphatic rings. The minimum absolute atomic E-state index is 0.767. The number of rotatable bonds is 3. The first-order valence-corrected chi connectivity index (χ1v) is 3.77. The van der Waals surface area contributed by atoms with Gasteiger partial charge in [0.2, 0.25) is 0 Å². The van der Waals surface area contributed by atoms with E-state index in [0.717, 1.165) is 19.1 Å². The fourth-order valence-corrected chi connectivity index (χ4v) is 0.696. The van der Waals surface area contributed by atoms with Gasteiger partial charge in [-0.25, -0.2) is 0 Å². The molecule has 0 fully saturated rings. The Morgan fingerprint density at radius 3 is 2.50 bits per heavy atom. The highest BCUT2D eigenvalue weighted by atomic mass is 28.1. The molecule has 0 aromatic carbocycles. The molecule has 1 nitrogen and oxygen atoms in total. The number of carbonyl (C=O) groups excluding carboxylic acids is 1. The van der Waals surface area contributed by atoms with E-state index < -0.39 is 0 Å². The Morgan fingerprint density at radius 1 is 1.67 bits per heavy atom. The summed E-state index contributed by atoms with van der Waals surface area (Å²) < 4.78 is 0. The number of aldehydes is 1. The van der Waals surface area contributed by atoms with Crippen LogP contribution >= 0.6 is 0 Å². The topological polar surface area (TPSA) is 17.1 Å². The van der Waals surface area contributed by atoms with Crippen LogP contribution in [-0.4, -0.2) is 16.5 Å². The molecule has 0 N–H and O–H groups in total. The SMILES string of the molecule is O=CCCC[SiH3]. The lowest BCUT2D eigenvalue weighted by Gasteiger charge is -1.78. The quantitative estimate of drug-likeness (QED) is 0.273. The Balaban J connectivity index is 2.49. The van der Waals surface area contributed by atoms with Crippen LogP contribution in [-0.2, 0) is 4.79 Å². The van der Waals surface area contributed by atoms with Crippen molar-refractivity contribution < 1.29 is 4.79 Å². The summed E-state index contributed by atoms with van der Waals surface area (Å²) in [7, 11) is 1.24. The molecule has 0 atom stereocenters. The molecule has 2 heteroatoms. The van der Waals surface area contributed by atoms with E-state index in [2.05, 4.69) is 0 Å². The average Bonchev–Trinajstić information content (AvgIpc) is 1.61. The maximum absolute atomic E-state index is 9.58. The van der Waals surface area contributed by atoms with Gasteiger partial charge in [0.05, 0.1) is 0 Å². The van der Waals surface area contributed by atoms with Crippen LogP contribution in [0.25, 0.3) is 0 Å². The van der Waals surface area contributed by atoms with Gasteiger partial charge in [-0.3, -0.25) is 0 Å². The molecule has 0 aliphatic carbocycles. The molecule has 0 unspecified atom stereocenters. The van der Waals surface area contributed by atoms with Crippen molar-refractivity contribution in [1.29, 1.82) is 0 Å². The molecule has 0 saturated carbocycles. The zero-order chi connectivity index (χ0) is 4.83. The number of hydrogen-bond donors (Lipinski definition) is 0. The van der Waals surface area contributed by atoms with Crippen LogP contribution in [0, 0.1) is 0 Å². The maximum atomic E-state index is 9.58. The Labute approximate surface area is 41.2 Å². The summed E-state index contributed by atoms with van der Waals surface area (Å²) in [6, 6.07) is 1.26. The van der Waals surface area contributed by atoms with Gasteiger partial charge in [0.1, 0.15) is 6.29 Å². The van der Waals surface area contributed by atoms with Gasteiger partial charge < -0.3 is 4.79 Å². The molecular weight excluding hydrogens is 92.1 g/mol. The summed E-state index contributed by atoms with van der Waals surface area (Å²) >= 11 is 0. The molecule has 0 aliphatic heterocycles. The largest absolute Gasteiger partial charge is 0.303 e. The monoisotopic (exact) mass is 102 g/mol. The first kappa shape index (κ1) is 5.89. The third-order valence-corrected chi connectivity index (χ3v) is 1.38. The number of unbranched alkanes of at least 4 members (excludes halogenated alkanes) is 1. The first-order valence-electron chi connectivity index (χ1n) is 2.35. The standard InChI is InChI=1S/C4H10OSi/c5-3-1-2-4-6/h3H,1-2,4H2,6H3. The van der Waals surface area contributed by atoms with Gasteiger partial charge in [-0.15, -0.1) is 0 Å². The van der Waals surface area contributed by atoms with Crippen molar-refractivity contribution in [2.45, 2.75) is 18.9 Å². The van der Waals surface area contributed by atoms with Crippen molar-refractivity contribution in [2.24, 2.45) is 0 Å². The second-order valence-corrected chi connectivity index (χ2v) is 2.31. The molecule has 0 radical (unpaired) electrons. The molecular formula is C4H10OSi. The van der Waals surface area contributed by atoms with E-state index in [1.165, 1.54) is 16.3 Å².